The van der Waals surface area contributed by atoms with Crippen LogP contribution in [0.4, 0.5) is 5.69 Å². The number of rotatable bonds is 9. The Bertz CT molecular complexity index is 1620. The lowest BCUT2D eigenvalue weighted by atomic mass is 9.87. The predicted molar refractivity (Wildman–Crippen MR) is 160 cm³/mol. The van der Waals surface area contributed by atoms with Crippen molar-refractivity contribution in [3.8, 4) is 5.75 Å². The number of carbonyl (C=O) groups excluding carboxylic acids is 1. The number of carbonyl (C=O) groups is 4. The van der Waals surface area contributed by atoms with Gasteiger partial charge >= 0.3 is 17.9 Å². The number of carboxylic acids is 3. The highest BCUT2D eigenvalue weighted by Gasteiger charge is 2.38. The van der Waals surface area contributed by atoms with E-state index in [0.29, 0.717) is 17.9 Å². The summed E-state index contributed by atoms with van der Waals surface area (Å²) in [6, 6.07) is 26.3. The van der Waals surface area contributed by atoms with E-state index in [-0.39, 0.29) is 28.9 Å². The van der Waals surface area contributed by atoms with Gasteiger partial charge in [0.15, 0.2) is 5.78 Å². The predicted octanol–water partition coefficient (Wildman–Crippen LogP) is 6.20. The topological polar surface area (TPSA) is 150 Å². The summed E-state index contributed by atoms with van der Waals surface area (Å²) < 4.78 is 5.90. The Kier molecular flexibility index (Phi) is 9.57. The van der Waals surface area contributed by atoms with Gasteiger partial charge in [-0.15, -0.1) is 0 Å². The molecule has 4 aromatic rings. The van der Waals surface area contributed by atoms with E-state index in [1.54, 1.807) is 12.1 Å². The lowest BCUT2D eigenvalue weighted by Crippen LogP contribution is -2.32. The first-order valence-corrected chi connectivity index (χ1v) is 13.5. The first-order valence-electron chi connectivity index (χ1n) is 13.5. The Hall–Kier alpha value is -5.44. The van der Waals surface area contributed by atoms with Crippen molar-refractivity contribution in [3.63, 3.8) is 0 Å². The third-order valence-electron chi connectivity index (χ3n) is 7.19. The van der Waals surface area contributed by atoms with Gasteiger partial charge in [0.25, 0.3) is 0 Å². The fraction of sp³-hybridized carbons (Fsp3) is 0.176. The summed E-state index contributed by atoms with van der Waals surface area (Å²) in [5, 5.41) is 30.1. The van der Waals surface area contributed by atoms with Crippen LogP contribution < -0.4 is 10.1 Å². The zero-order valence-electron chi connectivity index (χ0n) is 23.6. The van der Waals surface area contributed by atoms with Crippen LogP contribution in [0.1, 0.15) is 65.7 Å². The Balaban J connectivity index is 0.000000273. The van der Waals surface area contributed by atoms with Crippen molar-refractivity contribution < 1.29 is 39.2 Å². The second-order valence-electron chi connectivity index (χ2n) is 10.2. The lowest BCUT2D eigenvalue weighted by Gasteiger charge is -2.18. The van der Waals surface area contributed by atoms with Gasteiger partial charge in [0.05, 0.1) is 23.6 Å². The number of hydrogen-bond acceptors (Lipinski definition) is 6. The zero-order valence-corrected chi connectivity index (χ0v) is 23.6. The average Bonchev–Trinajstić information content (AvgIpc) is 3.33. The van der Waals surface area contributed by atoms with Crippen LogP contribution in [-0.2, 0) is 11.4 Å². The van der Waals surface area contributed by atoms with Gasteiger partial charge in [-0.3, -0.25) is 9.59 Å². The Labute approximate surface area is 248 Å². The number of ketones is 1. The van der Waals surface area contributed by atoms with Crippen molar-refractivity contribution in [3.05, 3.63) is 130 Å². The van der Waals surface area contributed by atoms with Crippen molar-refractivity contribution in [1.29, 1.82) is 0 Å². The summed E-state index contributed by atoms with van der Waals surface area (Å²) in [6.07, 6.45) is -0.135. The minimum Gasteiger partial charge on any atom is -0.489 e. The van der Waals surface area contributed by atoms with E-state index >= 15 is 0 Å². The number of fused-ring (bicyclic) bond motifs is 1. The van der Waals surface area contributed by atoms with Crippen LogP contribution in [0.2, 0.25) is 0 Å². The molecule has 0 aliphatic carbocycles. The molecule has 2 unspecified atom stereocenters. The molecule has 1 aliphatic rings. The van der Waals surface area contributed by atoms with Crippen LogP contribution in [0.15, 0.2) is 91.0 Å². The minimum absolute atomic E-state index is 0.0277. The maximum absolute atomic E-state index is 13.1. The lowest BCUT2D eigenvalue weighted by molar-refractivity contribution is -0.137. The molecule has 1 heterocycles. The molecular weight excluding hydrogens is 550 g/mol. The molecule has 1 aliphatic heterocycles. The summed E-state index contributed by atoms with van der Waals surface area (Å²) >= 11 is 0. The highest BCUT2D eigenvalue weighted by Crippen LogP contribution is 2.41. The molecule has 9 heteroatoms. The Morgan fingerprint density at radius 3 is 1.98 bits per heavy atom. The summed E-state index contributed by atoms with van der Waals surface area (Å²) in [7, 11) is 0. The molecule has 2 atom stereocenters. The molecule has 0 spiro atoms. The third kappa shape index (κ3) is 7.45. The average molecular weight is 582 g/mol. The van der Waals surface area contributed by atoms with E-state index in [4.69, 9.17) is 14.9 Å². The van der Waals surface area contributed by atoms with Gasteiger partial charge in [0, 0.05) is 17.2 Å². The number of ether oxygens (including phenoxy) is 1. The van der Waals surface area contributed by atoms with E-state index in [1.807, 2.05) is 67.6 Å². The molecule has 4 N–H and O–H groups in total. The van der Waals surface area contributed by atoms with Crippen LogP contribution in [-0.4, -0.2) is 45.1 Å². The number of Topliss-reactive ketones (excluding diaryl/α,β-unsaturated/α-hetero) is 1. The summed E-state index contributed by atoms with van der Waals surface area (Å²) in [5.74, 6) is -3.08. The Morgan fingerprint density at radius 2 is 1.40 bits per heavy atom. The zero-order chi connectivity index (χ0) is 31.1. The van der Waals surface area contributed by atoms with Gasteiger partial charge in [0.2, 0.25) is 0 Å². The number of anilines is 1. The SMILES string of the molecule is Cc1c(C(=O)O)cccc1C(=O)O.Cc1ccc(C(=O)C2Nc3ccc(OCc4ccccc4)cc3C2CC(=O)O)cc1. The molecule has 5 rings (SSSR count). The molecule has 43 heavy (non-hydrogen) atoms. The van der Waals surface area contributed by atoms with Crippen LogP contribution in [0.3, 0.4) is 0 Å². The highest BCUT2D eigenvalue weighted by atomic mass is 16.5. The first kappa shape index (κ1) is 30.5. The molecule has 220 valence electrons. The second kappa shape index (κ2) is 13.5. The molecule has 0 fully saturated rings. The largest absolute Gasteiger partial charge is 0.489 e. The van der Waals surface area contributed by atoms with Crippen LogP contribution >= 0.6 is 0 Å². The van der Waals surface area contributed by atoms with Gasteiger partial charge < -0.3 is 25.4 Å². The van der Waals surface area contributed by atoms with E-state index in [0.717, 1.165) is 22.4 Å². The van der Waals surface area contributed by atoms with Crippen LogP contribution in [0, 0.1) is 13.8 Å². The number of benzene rings is 4. The molecule has 0 saturated carbocycles. The molecule has 0 aromatic heterocycles. The number of aliphatic carboxylic acids is 1. The van der Waals surface area contributed by atoms with E-state index < -0.39 is 29.9 Å². The number of nitrogens with one attached hydrogen (secondary N) is 1. The number of aromatic carboxylic acids is 2. The number of aryl methyl sites for hydroxylation is 1. The smallest absolute Gasteiger partial charge is 0.335 e. The standard InChI is InChI=1S/C25H23NO4.C9H8O4/c1-16-7-9-18(10-8-16)25(29)24-21(14-23(27)28)20-13-19(11-12-22(20)26-24)30-15-17-5-3-2-4-6-17;1-5-6(8(10)11)3-2-4-7(5)9(12)13/h2-13,21,24,26H,14-15H2,1H3,(H,27,28);2-4H,1H3,(H,10,11)(H,12,13). The molecule has 9 nitrogen and oxygen atoms in total. The summed E-state index contributed by atoms with van der Waals surface area (Å²) in [6.45, 7) is 3.86. The second-order valence-corrected chi connectivity index (χ2v) is 10.2. The molecule has 0 bridgehead atoms. The van der Waals surface area contributed by atoms with E-state index in [1.165, 1.54) is 25.1 Å². The fourth-order valence-corrected chi connectivity index (χ4v) is 4.92. The van der Waals surface area contributed by atoms with Crippen LogP contribution in [0.25, 0.3) is 0 Å². The highest BCUT2D eigenvalue weighted by molar-refractivity contribution is 6.04. The maximum Gasteiger partial charge on any atom is 0.335 e. The van der Waals surface area contributed by atoms with Crippen molar-refractivity contribution in [2.24, 2.45) is 0 Å². The summed E-state index contributed by atoms with van der Waals surface area (Å²) in [5.41, 5.74) is 4.60. The van der Waals surface area contributed by atoms with Gasteiger partial charge in [0.1, 0.15) is 12.4 Å². The molecule has 0 radical (unpaired) electrons. The number of hydrogen-bond donors (Lipinski definition) is 4. The quantitative estimate of drug-likeness (QED) is 0.169. The molecule has 0 amide bonds. The van der Waals surface area contributed by atoms with Gasteiger partial charge in [-0.1, -0.05) is 66.2 Å². The van der Waals surface area contributed by atoms with Crippen molar-refractivity contribution in [2.75, 3.05) is 5.32 Å². The Morgan fingerprint density at radius 1 is 0.767 bits per heavy atom. The van der Waals surface area contributed by atoms with E-state index in [9.17, 15) is 24.3 Å². The van der Waals surface area contributed by atoms with Crippen molar-refractivity contribution in [2.45, 2.75) is 38.8 Å². The van der Waals surface area contributed by atoms with Crippen molar-refractivity contribution in [1.82, 2.24) is 0 Å². The van der Waals surface area contributed by atoms with E-state index in [2.05, 4.69) is 5.32 Å². The molecule has 0 saturated heterocycles. The molecule has 4 aromatic carbocycles. The summed E-state index contributed by atoms with van der Waals surface area (Å²) in [4.78, 5) is 45.9. The fourth-order valence-electron chi connectivity index (χ4n) is 4.92. The molecular formula is C34H31NO8. The minimum atomic E-state index is -1.11. The maximum atomic E-state index is 13.1. The van der Waals surface area contributed by atoms with Crippen LogP contribution in [0.5, 0.6) is 5.75 Å². The van der Waals surface area contributed by atoms with Gasteiger partial charge in [-0.05, 0) is 60.9 Å². The monoisotopic (exact) mass is 581 g/mol. The van der Waals surface area contributed by atoms with Gasteiger partial charge in [-0.25, -0.2) is 9.59 Å². The first-order chi connectivity index (χ1) is 20.5. The number of carboxylic acid groups (broad SMARTS) is 3. The third-order valence-corrected chi connectivity index (χ3v) is 7.19. The van der Waals surface area contributed by atoms with Crippen molar-refractivity contribution >= 4 is 29.4 Å². The van der Waals surface area contributed by atoms with Gasteiger partial charge in [-0.2, -0.15) is 0 Å². The normalized spacial score (nSPS) is 14.8.